The normalized spacial score (nSPS) is 14.7. The van der Waals surface area contributed by atoms with Crippen molar-refractivity contribution >= 4 is 45.6 Å². The average molecular weight is 437 g/mol. The molecule has 0 unspecified atom stereocenters. The Morgan fingerprint density at radius 1 is 1.28 bits per heavy atom. The smallest absolute Gasteiger partial charge is 0.311 e. The molecule has 1 N–H and O–H groups in total. The van der Waals surface area contributed by atoms with Crippen LogP contribution in [-0.2, 0) is 20.7 Å². The number of halogens is 1. The minimum absolute atomic E-state index is 0.102. The van der Waals surface area contributed by atoms with Crippen LogP contribution in [0.3, 0.4) is 0 Å². The van der Waals surface area contributed by atoms with Gasteiger partial charge in [-0.1, -0.05) is 17.7 Å². The summed E-state index contributed by atoms with van der Waals surface area (Å²) in [6, 6.07) is 5.93. The second-order valence-corrected chi connectivity index (χ2v) is 8.16. The maximum atomic E-state index is 12.4. The third-order valence-electron chi connectivity index (χ3n) is 4.68. The lowest BCUT2D eigenvalue weighted by atomic mass is 10.1. The van der Waals surface area contributed by atoms with E-state index >= 15 is 0 Å². The van der Waals surface area contributed by atoms with Crippen LogP contribution in [0.15, 0.2) is 23.6 Å². The van der Waals surface area contributed by atoms with Crippen molar-refractivity contribution in [3.63, 3.8) is 0 Å². The fourth-order valence-electron chi connectivity index (χ4n) is 3.24. The van der Waals surface area contributed by atoms with Crippen LogP contribution < -0.4 is 10.2 Å². The van der Waals surface area contributed by atoms with Gasteiger partial charge in [-0.25, -0.2) is 4.98 Å². The Morgan fingerprint density at radius 3 is 2.76 bits per heavy atom. The SMILES string of the molecule is CCOC(=O)Cc1csc(NC(=O)CN2CCN(c3cc(Cl)ccc3C)CC2)n1. The maximum absolute atomic E-state index is 12.4. The molecule has 9 heteroatoms. The van der Waals surface area contributed by atoms with Crippen molar-refractivity contribution in [3.8, 4) is 0 Å². The zero-order valence-corrected chi connectivity index (χ0v) is 18.2. The molecule has 0 aliphatic carbocycles. The van der Waals surface area contributed by atoms with Gasteiger partial charge in [0, 0.05) is 42.3 Å². The summed E-state index contributed by atoms with van der Waals surface area (Å²) in [6.45, 7) is 7.78. The van der Waals surface area contributed by atoms with Crippen molar-refractivity contribution in [3.05, 3.63) is 39.9 Å². The van der Waals surface area contributed by atoms with E-state index < -0.39 is 0 Å². The lowest BCUT2D eigenvalue weighted by Gasteiger charge is -2.36. The number of thiazole rings is 1. The van der Waals surface area contributed by atoms with Gasteiger partial charge in [0.2, 0.25) is 5.91 Å². The first-order valence-corrected chi connectivity index (χ1v) is 10.8. The largest absolute Gasteiger partial charge is 0.466 e. The van der Waals surface area contributed by atoms with Crippen LogP contribution in [0.25, 0.3) is 0 Å². The van der Waals surface area contributed by atoms with E-state index in [0.717, 1.165) is 36.9 Å². The van der Waals surface area contributed by atoms with Crippen molar-refractivity contribution in [1.29, 1.82) is 0 Å². The predicted molar refractivity (Wildman–Crippen MR) is 116 cm³/mol. The molecule has 2 heterocycles. The monoisotopic (exact) mass is 436 g/mol. The standard InChI is InChI=1S/C20H25ClN4O3S/c1-3-28-19(27)11-16-13-29-20(22-16)23-18(26)12-24-6-8-25(9-7-24)17-10-15(21)5-4-14(17)2/h4-5,10,13H,3,6-9,11-12H2,1-2H3,(H,22,23,26). The number of amides is 1. The molecule has 0 radical (unpaired) electrons. The molecule has 1 aromatic heterocycles. The summed E-state index contributed by atoms with van der Waals surface area (Å²) in [5.74, 6) is -0.419. The highest BCUT2D eigenvalue weighted by atomic mass is 35.5. The van der Waals surface area contributed by atoms with Gasteiger partial charge in [-0.15, -0.1) is 11.3 Å². The Bertz CT molecular complexity index is 865. The number of aryl methyl sites for hydroxylation is 1. The first kappa shape index (κ1) is 21.5. The minimum atomic E-state index is -0.316. The third-order valence-corrected chi connectivity index (χ3v) is 5.72. The van der Waals surface area contributed by atoms with Gasteiger partial charge in [-0.05, 0) is 31.5 Å². The number of esters is 1. The number of nitrogens with zero attached hydrogens (tertiary/aromatic N) is 3. The molecule has 0 spiro atoms. The van der Waals surface area contributed by atoms with Gasteiger partial charge >= 0.3 is 5.97 Å². The second kappa shape index (κ2) is 10.0. The summed E-state index contributed by atoms with van der Waals surface area (Å²) in [4.78, 5) is 32.6. The molecule has 0 bridgehead atoms. The Morgan fingerprint density at radius 2 is 2.03 bits per heavy atom. The van der Waals surface area contributed by atoms with Crippen LogP contribution in [0, 0.1) is 6.92 Å². The highest BCUT2D eigenvalue weighted by Gasteiger charge is 2.21. The number of nitrogens with one attached hydrogen (secondary N) is 1. The second-order valence-electron chi connectivity index (χ2n) is 6.87. The van der Waals surface area contributed by atoms with Crippen LogP contribution in [0.1, 0.15) is 18.2 Å². The van der Waals surface area contributed by atoms with E-state index in [2.05, 4.69) is 27.0 Å². The van der Waals surface area contributed by atoms with E-state index in [1.54, 1.807) is 12.3 Å². The molecule has 1 aliphatic rings. The Labute approximate surface area is 179 Å². The highest BCUT2D eigenvalue weighted by Crippen LogP contribution is 2.25. The summed E-state index contributed by atoms with van der Waals surface area (Å²) < 4.78 is 4.91. The van der Waals surface area contributed by atoms with Gasteiger partial charge in [0.1, 0.15) is 0 Å². The van der Waals surface area contributed by atoms with Crippen LogP contribution in [0.5, 0.6) is 0 Å². The number of hydrogen-bond acceptors (Lipinski definition) is 7. The summed E-state index contributed by atoms with van der Waals surface area (Å²) in [7, 11) is 0. The lowest BCUT2D eigenvalue weighted by molar-refractivity contribution is -0.142. The van der Waals surface area contributed by atoms with E-state index in [1.807, 2.05) is 18.2 Å². The number of benzene rings is 1. The number of piperazine rings is 1. The van der Waals surface area contributed by atoms with Gasteiger partial charge in [0.05, 0.1) is 25.3 Å². The van der Waals surface area contributed by atoms with Crippen molar-refractivity contribution in [2.75, 3.05) is 49.5 Å². The van der Waals surface area contributed by atoms with Gasteiger partial charge in [-0.2, -0.15) is 0 Å². The zero-order valence-electron chi connectivity index (χ0n) is 16.6. The molecule has 0 saturated carbocycles. The van der Waals surface area contributed by atoms with Gasteiger partial charge in [0.15, 0.2) is 5.13 Å². The topological polar surface area (TPSA) is 74.8 Å². The Balaban J connectivity index is 1.46. The highest BCUT2D eigenvalue weighted by molar-refractivity contribution is 7.13. The molecule has 29 heavy (non-hydrogen) atoms. The summed E-state index contributed by atoms with van der Waals surface area (Å²) in [6.07, 6.45) is 0.116. The first-order valence-electron chi connectivity index (χ1n) is 9.58. The molecule has 156 valence electrons. The number of hydrogen-bond donors (Lipinski definition) is 1. The quantitative estimate of drug-likeness (QED) is 0.672. The predicted octanol–water partition coefficient (Wildman–Crippen LogP) is 2.97. The molecule has 2 aromatic rings. The molecule has 1 fully saturated rings. The van der Waals surface area contributed by atoms with Crippen LogP contribution in [-0.4, -0.2) is 61.1 Å². The van der Waals surface area contributed by atoms with Gasteiger partial charge in [-0.3, -0.25) is 14.5 Å². The fraction of sp³-hybridized carbons (Fsp3) is 0.450. The van der Waals surface area contributed by atoms with Crippen molar-refractivity contribution in [2.24, 2.45) is 0 Å². The van der Waals surface area contributed by atoms with E-state index in [4.69, 9.17) is 16.3 Å². The molecule has 1 aliphatic heterocycles. The number of ether oxygens (including phenoxy) is 1. The Hall–Kier alpha value is -2.16. The molecule has 3 rings (SSSR count). The first-order chi connectivity index (χ1) is 13.9. The molecule has 7 nitrogen and oxygen atoms in total. The third kappa shape index (κ3) is 6.16. The van der Waals surface area contributed by atoms with Crippen LogP contribution in [0.2, 0.25) is 5.02 Å². The van der Waals surface area contributed by atoms with Crippen molar-refractivity contribution in [2.45, 2.75) is 20.3 Å². The van der Waals surface area contributed by atoms with Gasteiger partial charge < -0.3 is 15.0 Å². The number of carbonyl (C=O) groups excluding carboxylic acids is 2. The minimum Gasteiger partial charge on any atom is -0.466 e. The molecule has 0 atom stereocenters. The zero-order chi connectivity index (χ0) is 20.8. The molecule has 1 aromatic carbocycles. The van der Waals surface area contributed by atoms with Crippen molar-refractivity contribution in [1.82, 2.24) is 9.88 Å². The van der Waals surface area contributed by atoms with E-state index in [-0.39, 0.29) is 18.3 Å². The summed E-state index contributed by atoms with van der Waals surface area (Å²) in [5.41, 5.74) is 2.95. The molecule has 1 amide bonds. The lowest BCUT2D eigenvalue weighted by Crippen LogP contribution is -2.48. The fourth-order valence-corrected chi connectivity index (χ4v) is 4.13. The van der Waals surface area contributed by atoms with Gasteiger partial charge in [0.25, 0.3) is 0 Å². The van der Waals surface area contributed by atoms with Crippen LogP contribution >= 0.6 is 22.9 Å². The average Bonchev–Trinajstić information content (AvgIpc) is 3.11. The number of carbonyl (C=O) groups is 2. The number of anilines is 2. The number of rotatable bonds is 7. The van der Waals surface area contributed by atoms with E-state index in [9.17, 15) is 9.59 Å². The number of aromatic nitrogens is 1. The van der Waals surface area contributed by atoms with E-state index in [1.165, 1.54) is 16.9 Å². The Kier molecular flexibility index (Phi) is 7.46. The maximum Gasteiger partial charge on any atom is 0.311 e. The molecule has 1 saturated heterocycles. The summed E-state index contributed by atoms with van der Waals surface area (Å²) in [5, 5.41) is 5.82. The van der Waals surface area contributed by atoms with Crippen molar-refractivity contribution < 1.29 is 14.3 Å². The molecular weight excluding hydrogens is 412 g/mol. The van der Waals surface area contributed by atoms with E-state index in [0.29, 0.717) is 24.0 Å². The summed E-state index contributed by atoms with van der Waals surface area (Å²) >= 11 is 7.45. The van der Waals surface area contributed by atoms with Crippen LogP contribution in [0.4, 0.5) is 10.8 Å². The molecular formula is C20H25ClN4O3S.